The van der Waals surface area contributed by atoms with Crippen LogP contribution in [-0.4, -0.2) is 21.8 Å². The molecule has 0 aromatic carbocycles. The molecule has 1 aromatic heterocycles. The summed E-state index contributed by atoms with van der Waals surface area (Å²) in [5.74, 6) is 0.556. The largest absolute Gasteiger partial charge is 0.370 e. The maximum atomic E-state index is 5.87. The van der Waals surface area contributed by atoms with E-state index in [0.717, 1.165) is 11.3 Å². The van der Waals surface area contributed by atoms with Gasteiger partial charge in [-0.2, -0.15) is 5.10 Å². The van der Waals surface area contributed by atoms with Crippen LogP contribution < -0.4 is 11.1 Å². The fourth-order valence-electron chi connectivity index (χ4n) is 2.19. The molecule has 1 saturated carbocycles. The molecule has 18 heavy (non-hydrogen) atoms. The molecule has 3 N–H and O–H groups in total. The molecular weight excluding hydrogens is 341 g/mol. The zero-order valence-corrected chi connectivity index (χ0v) is 13.3. The van der Waals surface area contributed by atoms with Crippen LogP contribution in [0.4, 0.5) is 0 Å². The summed E-state index contributed by atoms with van der Waals surface area (Å²) in [7, 11) is 1.93. The number of rotatable bonds is 3. The van der Waals surface area contributed by atoms with E-state index in [1.165, 1.54) is 25.7 Å². The summed E-state index contributed by atoms with van der Waals surface area (Å²) in [6, 6.07) is 0.522. The second kappa shape index (κ2) is 6.96. The highest BCUT2D eigenvalue weighted by Crippen LogP contribution is 2.17. The first-order valence-corrected chi connectivity index (χ1v) is 6.20. The fraction of sp³-hybridized carbons (Fsp3) is 0.667. The van der Waals surface area contributed by atoms with Gasteiger partial charge in [-0.25, -0.2) is 4.99 Å². The van der Waals surface area contributed by atoms with Crippen LogP contribution in [-0.2, 0) is 13.6 Å². The van der Waals surface area contributed by atoms with Gasteiger partial charge in [0.05, 0.1) is 12.7 Å². The lowest BCUT2D eigenvalue weighted by Gasteiger charge is -2.12. The summed E-state index contributed by atoms with van der Waals surface area (Å²) in [5, 5.41) is 7.46. The summed E-state index contributed by atoms with van der Waals surface area (Å²) in [6.45, 7) is 2.64. The average molecular weight is 363 g/mol. The van der Waals surface area contributed by atoms with E-state index < -0.39 is 0 Å². The van der Waals surface area contributed by atoms with Crippen molar-refractivity contribution in [3.8, 4) is 0 Å². The molecule has 5 nitrogen and oxygen atoms in total. The van der Waals surface area contributed by atoms with Gasteiger partial charge in [0, 0.05) is 24.3 Å². The van der Waals surface area contributed by atoms with E-state index >= 15 is 0 Å². The molecule has 1 aliphatic rings. The Morgan fingerprint density at radius 2 is 2.22 bits per heavy atom. The second-order valence-electron chi connectivity index (χ2n) is 4.71. The Balaban J connectivity index is 0.00000162. The molecule has 1 heterocycles. The monoisotopic (exact) mass is 363 g/mol. The zero-order valence-electron chi connectivity index (χ0n) is 11.0. The molecule has 0 amide bonds. The van der Waals surface area contributed by atoms with Crippen LogP contribution in [0.15, 0.2) is 11.2 Å². The van der Waals surface area contributed by atoms with Gasteiger partial charge in [0.25, 0.3) is 0 Å². The molecule has 0 spiro atoms. The lowest BCUT2D eigenvalue weighted by Crippen LogP contribution is -2.38. The summed E-state index contributed by atoms with van der Waals surface area (Å²) in [4.78, 5) is 4.36. The summed E-state index contributed by atoms with van der Waals surface area (Å²) < 4.78 is 1.85. The summed E-state index contributed by atoms with van der Waals surface area (Å²) in [6.07, 6.45) is 6.87. The van der Waals surface area contributed by atoms with E-state index in [1.54, 1.807) is 0 Å². The first kappa shape index (κ1) is 15.3. The number of aryl methyl sites for hydroxylation is 1. The van der Waals surface area contributed by atoms with Gasteiger partial charge in [-0.05, 0) is 19.8 Å². The smallest absolute Gasteiger partial charge is 0.189 e. The van der Waals surface area contributed by atoms with Crippen LogP contribution in [0.3, 0.4) is 0 Å². The van der Waals surface area contributed by atoms with Crippen molar-refractivity contribution in [2.75, 3.05) is 0 Å². The van der Waals surface area contributed by atoms with Crippen molar-refractivity contribution < 1.29 is 0 Å². The quantitative estimate of drug-likeness (QED) is 0.488. The molecule has 0 atom stereocenters. The van der Waals surface area contributed by atoms with Gasteiger partial charge in [0.15, 0.2) is 5.96 Å². The number of nitrogens with two attached hydrogens (primary N) is 1. The SMILES string of the molecule is Cc1c(CN=C(N)NC2CCCC2)cnn1C.I. The summed E-state index contributed by atoms with van der Waals surface area (Å²) >= 11 is 0. The van der Waals surface area contributed by atoms with E-state index in [0.29, 0.717) is 18.5 Å². The van der Waals surface area contributed by atoms with Crippen LogP contribution in [0, 0.1) is 6.92 Å². The predicted molar refractivity (Wildman–Crippen MR) is 84.1 cm³/mol. The maximum absolute atomic E-state index is 5.87. The number of aromatic nitrogens is 2. The maximum Gasteiger partial charge on any atom is 0.189 e. The van der Waals surface area contributed by atoms with E-state index in [4.69, 9.17) is 5.73 Å². The number of nitrogens with one attached hydrogen (secondary N) is 1. The van der Waals surface area contributed by atoms with Gasteiger partial charge < -0.3 is 11.1 Å². The van der Waals surface area contributed by atoms with E-state index in [-0.39, 0.29) is 24.0 Å². The third-order valence-electron chi connectivity index (χ3n) is 3.46. The van der Waals surface area contributed by atoms with Crippen molar-refractivity contribution in [2.45, 2.75) is 45.2 Å². The Labute approximate surface area is 125 Å². The number of hydrogen-bond donors (Lipinski definition) is 2. The Hall–Kier alpha value is -0.790. The molecule has 2 rings (SSSR count). The molecular formula is C12H22IN5. The number of guanidine groups is 1. The molecule has 0 aliphatic heterocycles. The van der Waals surface area contributed by atoms with Gasteiger partial charge in [-0.3, -0.25) is 4.68 Å². The molecule has 0 radical (unpaired) electrons. The third kappa shape index (κ3) is 3.86. The minimum absolute atomic E-state index is 0. The van der Waals surface area contributed by atoms with Crippen LogP contribution >= 0.6 is 24.0 Å². The third-order valence-corrected chi connectivity index (χ3v) is 3.46. The van der Waals surface area contributed by atoms with Crippen LogP contribution in [0.5, 0.6) is 0 Å². The Morgan fingerprint density at radius 1 is 1.56 bits per heavy atom. The molecule has 1 fully saturated rings. The highest BCUT2D eigenvalue weighted by molar-refractivity contribution is 14.0. The summed E-state index contributed by atoms with van der Waals surface area (Å²) in [5.41, 5.74) is 8.14. The van der Waals surface area contributed by atoms with Crippen molar-refractivity contribution >= 4 is 29.9 Å². The first-order chi connectivity index (χ1) is 8.16. The Kier molecular flexibility index (Phi) is 5.90. The van der Waals surface area contributed by atoms with E-state index in [1.807, 2.05) is 24.9 Å². The first-order valence-electron chi connectivity index (χ1n) is 6.20. The molecule has 0 bridgehead atoms. The van der Waals surface area contributed by atoms with Crippen molar-refractivity contribution in [3.05, 3.63) is 17.5 Å². The lowest BCUT2D eigenvalue weighted by molar-refractivity contribution is 0.625. The minimum atomic E-state index is 0. The van der Waals surface area contributed by atoms with E-state index in [9.17, 15) is 0 Å². The van der Waals surface area contributed by atoms with Crippen molar-refractivity contribution in [2.24, 2.45) is 17.8 Å². The number of aliphatic imine (C=N–C) groups is 1. The van der Waals surface area contributed by atoms with Gasteiger partial charge in [-0.15, -0.1) is 24.0 Å². The highest BCUT2D eigenvalue weighted by atomic mass is 127. The Morgan fingerprint density at radius 3 is 2.78 bits per heavy atom. The topological polar surface area (TPSA) is 68.2 Å². The fourth-order valence-corrected chi connectivity index (χ4v) is 2.19. The van der Waals surface area contributed by atoms with Crippen molar-refractivity contribution in [3.63, 3.8) is 0 Å². The molecule has 6 heteroatoms. The molecule has 1 aromatic rings. The van der Waals surface area contributed by atoms with E-state index in [2.05, 4.69) is 15.4 Å². The molecule has 0 unspecified atom stereocenters. The van der Waals surface area contributed by atoms with Crippen molar-refractivity contribution in [1.29, 1.82) is 0 Å². The van der Waals surface area contributed by atoms with Gasteiger partial charge >= 0.3 is 0 Å². The zero-order chi connectivity index (χ0) is 12.3. The minimum Gasteiger partial charge on any atom is -0.370 e. The number of nitrogens with zero attached hydrogens (tertiary/aromatic N) is 3. The van der Waals surface area contributed by atoms with Gasteiger partial charge in [0.1, 0.15) is 0 Å². The molecule has 1 aliphatic carbocycles. The lowest BCUT2D eigenvalue weighted by atomic mass is 10.2. The predicted octanol–water partition coefficient (Wildman–Crippen LogP) is 1.69. The van der Waals surface area contributed by atoms with Crippen LogP contribution in [0.2, 0.25) is 0 Å². The number of hydrogen-bond acceptors (Lipinski definition) is 2. The highest BCUT2D eigenvalue weighted by Gasteiger charge is 2.14. The van der Waals surface area contributed by atoms with Crippen molar-refractivity contribution in [1.82, 2.24) is 15.1 Å². The average Bonchev–Trinajstić information content (AvgIpc) is 2.90. The Bertz CT molecular complexity index is 407. The molecule has 102 valence electrons. The van der Waals surface area contributed by atoms with Crippen LogP contribution in [0.25, 0.3) is 0 Å². The molecule has 0 saturated heterocycles. The standard InChI is InChI=1S/C12H21N5.HI/c1-9-10(8-15-17(9)2)7-14-12(13)16-11-5-3-4-6-11;/h8,11H,3-7H2,1-2H3,(H3,13,14,16);1H. The second-order valence-corrected chi connectivity index (χ2v) is 4.71. The van der Waals surface area contributed by atoms with Gasteiger partial charge in [0.2, 0.25) is 0 Å². The number of halogens is 1. The van der Waals surface area contributed by atoms with Gasteiger partial charge in [-0.1, -0.05) is 12.8 Å². The normalized spacial score (nSPS) is 16.7. The van der Waals surface area contributed by atoms with Crippen LogP contribution in [0.1, 0.15) is 36.9 Å².